The number of benzene rings is 1. The highest BCUT2D eigenvalue weighted by atomic mass is 16.4. The third kappa shape index (κ3) is 4.08. The van der Waals surface area contributed by atoms with E-state index in [2.05, 4.69) is 10.3 Å². The number of amides is 1. The van der Waals surface area contributed by atoms with Crippen molar-refractivity contribution in [2.75, 3.05) is 0 Å². The zero-order chi connectivity index (χ0) is 16.1. The van der Waals surface area contributed by atoms with Crippen LogP contribution in [-0.2, 0) is 16.0 Å². The summed E-state index contributed by atoms with van der Waals surface area (Å²) < 4.78 is 0. The lowest BCUT2D eigenvalue weighted by molar-refractivity contribution is -0.137. The van der Waals surface area contributed by atoms with Crippen LogP contribution in [0.3, 0.4) is 0 Å². The summed E-state index contributed by atoms with van der Waals surface area (Å²) >= 11 is 0. The number of hydrogen-bond donors (Lipinski definition) is 4. The molecular formula is C16H21N3O3. The van der Waals surface area contributed by atoms with Crippen LogP contribution in [0.2, 0.25) is 0 Å². The number of fused-ring (bicyclic) bond motifs is 1. The highest BCUT2D eigenvalue weighted by molar-refractivity contribution is 5.84. The van der Waals surface area contributed by atoms with Crippen molar-refractivity contribution in [3.63, 3.8) is 0 Å². The summed E-state index contributed by atoms with van der Waals surface area (Å²) in [7, 11) is 0. The predicted octanol–water partition coefficient (Wildman–Crippen LogP) is 1.41. The monoisotopic (exact) mass is 303 g/mol. The molecule has 0 radical (unpaired) electrons. The summed E-state index contributed by atoms with van der Waals surface area (Å²) in [6, 6.07) is 7.11. The number of H-pyrrole nitrogens is 1. The molecule has 118 valence electrons. The molecule has 2 rings (SSSR count). The van der Waals surface area contributed by atoms with E-state index in [1.54, 1.807) is 0 Å². The molecule has 5 N–H and O–H groups in total. The smallest absolute Gasteiger partial charge is 0.303 e. The lowest BCUT2D eigenvalue weighted by Crippen LogP contribution is -2.45. The van der Waals surface area contributed by atoms with Gasteiger partial charge in [0, 0.05) is 29.6 Å². The number of carboxylic acid groups (broad SMARTS) is 1. The maximum Gasteiger partial charge on any atom is 0.303 e. The summed E-state index contributed by atoms with van der Waals surface area (Å²) in [5.41, 5.74) is 7.89. The van der Waals surface area contributed by atoms with Crippen LogP contribution >= 0.6 is 0 Å². The first-order chi connectivity index (χ1) is 10.5. The summed E-state index contributed by atoms with van der Waals surface area (Å²) in [5, 5.41) is 12.6. The number of nitrogens with two attached hydrogens (primary N) is 1. The summed E-state index contributed by atoms with van der Waals surface area (Å²) in [5.74, 6) is -1.26. The van der Waals surface area contributed by atoms with Crippen LogP contribution in [0.25, 0.3) is 10.9 Å². The molecule has 0 aliphatic rings. The third-order valence-electron chi connectivity index (χ3n) is 3.60. The summed E-state index contributed by atoms with van der Waals surface area (Å²) in [4.78, 5) is 25.6. The van der Waals surface area contributed by atoms with Gasteiger partial charge in [-0.05, 0) is 31.4 Å². The van der Waals surface area contributed by atoms with Crippen LogP contribution in [-0.4, -0.2) is 34.1 Å². The van der Waals surface area contributed by atoms with Gasteiger partial charge in [0.1, 0.15) is 0 Å². The van der Waals surface area contributed by atoms with Gasteiger partial charge >= 0.3 is 5.97 Å². The Morgan fingerprint density at radius 1 is 1.36 bits per heavy atom. The highest BCUT2D eigenvalue weighted by Gasteiger charge is 2.17. The Balaban J connectivity index is 1.91. The van der Waals surface area contributed by atoms with Crippen molar-refractivity contribution in [2.45, 2.75) is 38.3 Å². The number of carboxylic acids is 1. The fourth-order valence-electron chi connectivity index (χ4n) is 2.44. The maximum absolute atomic E-state index is 11.9. The minimum atomic E-state index is -0.949. The van der Waals surface area contributed by atoms with Crippen LogP contribution in [0, 0.1) is 0 Å². The van der Waals surface area contributed by atoms with E-state index in [-0.39, 0.29) is 24.8 Å². The first-order valence-electron chi connectivity index (χ1n) is 7.30. The molecule has 0 spiro atoms. The van der Waals surface area contributed by atoms with E-state index < -0.39 is 12.0 Å². The average Bonchev–Trinajstić information content (AvgIpc) is 2.87. The summed E-state index contributed by atoms with van der Waals surface area (Å²) in [6.07, 6.45) is 2.66. The van der Waals surface area contributed by atoms with Crippen LogP contribution in [0.5, 0.6) is 0 Å². The van der Waals surface area contributed by atoms with Gasteiger partial charge < -0.3 is 21.1 Å². The Morgan fingerprint density at radius 2 is 2.09 bits per heavy atom. The van der Waals surface area contributed by atoms with Gasteiger partial charge in [-0.2, -0.15) is 0 Å². The van der Waals surface area contributed by atoms with Gasteiger partial charge in [-0.15, -0.1) is 0 Å². The minimum Gasteiger partial charge on any atom is -0.481 e. The van der Waals surface area contributed by atoms with Crippen LogP contribution in [0.15, 0.2) is 30.5 Å². The Morgan fingerprint density at radius 3 is 2.82 bits per heavy atom. The van der Waals surface area contributed by atoms with Gasteiger partial charge in [0.05, 0.1) is 6.04 Å². The van der Waals surface area contributed by atoms with Crippen molar-refractivity contribution >= 4 is 22.8 Å². The zero-order valence-corrected chi connectivity index (χ0v) is 12.5. The minimum absolute atomic E-state index is 0.0809. The largest absolute Gasteiger partial charge is 0.481 e. The van der Waals surface area contributed by atoms with Crippen molar-refractivity contribution in [1.82, 2.24) is 10.3 Å². The Labute approximate surface area is 128 Å². The van der Waals surface area contributed by atoms with Gasteiger partial charge in [-0.25, -0.2) is 0 Å². The second-order valence-electron chi connectivity index (χ2n) is 5.51. The lowest BCUT2D eigenvalue weighted by Gasteiger charge is -2.17. The SMILES string of the molecule is CC(Cc1c[nH]c2ccccc12)NC(=O)C(N)CCC(=O)O. The van der Waals surface area contributed by atoms with Gasteiger partial charge in [-0.1, -0.05) is 18.2 Å². The fourth-order valence-corrected chi connectivity index (χ4v) is 2.44. The van der Waals surface area contributed by atoms with E-state index >= 15 is 0 Å². The number of carbonyl (C=O) groups is 2. The maximum atomic E-state index is 11.9. The average molecular weight is 303 g/mol. The van der Waals surface area contributed by atoms with E-state index in [4.69, 9.17) is 10.8 Å². The highest BCUT2D eigenvalue weighted by Crippen LogP contribution is 2.19. The second-order valence-corrected chi connectivity index (χ2v) is 5.51. The molecule has 6 heteroatoms. The van der Waals surface area contributed by atoms with Gasteiger partial charge in [-0.3, -0.25) is 9.59 Å². The van der Waals surface area contributed by atoms with Gasteiger partial charge in [0.15, 0.2) is 0 Å². The third-order valence-corrected chi connectivity index (χ3v) is 3.60. The number of aromatic nitrogens is 1. The lowest BCUT2D eigenvalue weighted by atomic mass is 10.1. The Hall–Kier alpha value is -2.34. The van der Waals surface area contributed by atoms with Crippen molar-refractivity contribution in [1.29, 1.82) is 0 Å². The molecule has 0 aliphatic heterocycles. The summed E-state index contributed by atoms with van der Waals surface area (Å²) in [6.45, 7) is 1.91. The topological polar surface area (TPSA) is 108 Å². The Kier molecular flexibility index (Phi) is 5.16. The number of nitrogens with one attached hydrogen (secondary N) is 2. The molecule has 0 saturated heterocycles. The van der Waals surface area contributed by atoms with Gasteiger partial charge in [0.2, 0.25) is 5.91 Å². The molecule has 1 heterocycles. The van der Waals surface area contributed by atoms with Crippen LogP contribution in [0.4, 0.5) is 0 Å². The van der Waals surface area contributed by atoms with Crippen molar-refractivity contribution in [3.8, 4) is 0 Å². The molecule has 0 fully saturated rings. The molecule has 0 aliphatic carbocycles. The number of aliphatic carboxylic acids is 1. The molecule has 1 aromatic heterocycles. The number of para-hydroxylation sites is 1. The fraction of sp³-hybridized carbons (Fsp3) is 0.375. The van der Waals surface area contributed by atoms with Crippen molar-refractivity contribution in [3.05, 3.63) is 36.0 Å². The van der Waals surface area contributed by atoms with Crippen LogP contribution < -0.4 is 11.1 Å². The molecule has 0 bridgehead atoms. The first-order valence-corrected chi connectivity index (χ1v) is 7.30. The molecule has 1 amide bonds. The molecule has 2 atom stereocenters. The predicted molar refractivity (Wildman–Crippen MR) is 84.5 cm³/mol. The second kappa shape index (κ2) is 7.09. The standard InChI is InChI=1S/C16H21N3O3/c1-10(19-16(22)13(17)6-7-15(20)21)8-11-9-18-14-5-3-2-4-12(11)14/h2-5,9-10,13,18H,6-8,17H2,1H3,(H,19,22)(H,20,21). The number of aromatic amines is 1. The number of hydrogen-bond acceptors (Lipinski definition) is 3. The van der Waals surface area contributed by atoms with E-state index in [0.29, 0.717) is 6.42 Å². The van der Waals surface area contributed by atoms with E-state index in [1.165, 1.54) is 0 Å². The van der Waals surface area contributed by atoms with E-state index in [0.717, 1.165) is 16.5 Å². The van der Waals surface area contributed by atoms with E-state index in [9.17, 15) is 9.59 Å². The quantitative estimate of drug-likeness (QED) is 0.620. The molecule has 0 saturated carbocycles. The molecular weight excluding hydrogens is 282 g/mol. The Bertz CT molecular complexity index is 665. The molecule has 1 aromatic carbocycles. The number of carbonyl (C=O) groups excluding carboxylic acids is 1. The van der Waals surface area contributed by atoms with Crippen molar-refractivity contribution in [2.24, 2.45) is 5.73 Å². The van der Waals surface area contributed by atoms with Crippen molar-refractivity contribution < 1.29 is 14.7 Å². The first kappa shape index (κ1) is 16.0. The molecule has 2 unspecified atom stereocenters. The molecule has 6 nitrogen and oxygen atoms in total. The van der Waals surface area contributed by atoms with E-state index in [1.807, 2.05) is 37.4 Å². The number of rotatable bonds is 7. The normalized spacial score (nSPS) is 13.7. The zero-order valence-electron chi connectivity index (χ0n) is 12.5. The molecule has 22 heavy (non-hydrogen) atoms. The van der Waals surface area contributed by atoms with Crippen LogP contribution in [0.1, 0.15) is 25.3 Å². The molecule has 2 aromatic rings. The van der Waals surface area contributed by atoms with Gasteiger partial charge in [0.25, 0.3) is 0 Å².